The molecule has 1 unspecified atom stereocenters. The van der Waals surface area contributed by atoms with E-state index in [0.717, 1.165) is 24.3 Å². The van der Waals surface area contributed by atoms with Gasteiger partial charge < -0.3 is 14.3 Å². The SMILES string of the molecule is CCC=NOCCOc1ccc(OC(C)CC)cc1. The molecule has 1 atom stereocenters. The maximum Gasteiger partial charge on any atom is 0.151 e. The van der Waals surface area contributed by atoms with Crippen LogP contribution in [0, 0.1) is 0 Å². The van der Waals surface area contributed by atoms with Gasteiger partial charge in [0.05, 0.1) is 6.10 Å². The van der Waals surface area contributed by atoms with Crippen molar-refractivity contribution in [2.45, 2.75) is 39.7 Å². The zero-order valence-corrected chi connectivity index (χ0v) is 12.0. The Hall–Kier alpha value is -1.71. The molecule has 0 aromatic heterocycles. The standard InChI is InChI=1S/C15H23NO3/c1-4-10-16-18-12-11-17-14-6-8-15(9-7-14)19-13(3)5-2/h6-10,13H,4-5,11-12H2,1-3H3. The van der Waals surface area contributed by atoms with Crippen molar-refractivity contribution in [3.63, 3.8) is 0 Å². The van der Waals surface area contributed by atoms with Crippen LogP contribution in [-0.2, 0) is 4.84 Å². The molecule has 4 nitrogen and oxygen atoms in total. The van der Waals surface area contributed by atoms with Gasteiger partial charge in [0, 0.05) is 6.21 Å². The van der Waals surface area contributed by atoms with Crippen molar-refractivity contribution in [3.05, 3.63) is 24.3 Å². The Bertz CT molecular complexity index is 362. The van der Waals surface area contributed by atoms with E-state index in [9.17, 15) is 0 Å². The molecule has 1 rings (SSSR count). The lowest BCUT2D eigenvalue weighted by molar-refractivity contribution is 0.108. The van der Waals surface area contributed by atoms with Crippen LogP contribution >= 0.6 is 0 Å². The van der Waals surface area contributed by atoms with Gasteiger partial charge in [-0.1, -0.05) is 19.0 Å². The highest BCUT2D eigenvalue weighted by Gasteiger charge is 2.01. The molecule has 0 aliphatic heterocycles. The minimum absolute atomic E-state index is 0.233. The van der Waals surface area contributed by atoms with E-state index in [-0.39, 0.29) is 6.10 Å². The fourth-order valence-corrected chi connectivity index (χ4v) is 1.31. The second kappa shape index (κ2) is 9.25. The van der Waals surface area contributed by atoms with Crippen molar-refractivity contribution in [2.24, 2.45) is 5.16 Å². The second-order valence-electron chi connectivity index (χ2n) is 4.19. The molecule has 0 amide bonds. The summed E-state index contributed by atoms with van der Waals surface area (Å²) in [6, 6.07) is 7.62. The van der Waals surface area contributed by atoms with E-state index in [1.807, 2.05) is 31.2 Å². The summed E-state index contributed by atoms with van der Waals surface area (Å²) in [5, 5.41) is 3.75. The van der Waals surface area contributed by atoms with Crippen LogP contribution in [0.2, 0.25) is 0 Å². The molecule has 19 heavy (non-hydrogen) atoms. The van der Waals surface area contributed by atoms with Crippen LogP contribution in [0.5, 0.6) is 11.5 Å². The Labute approximate surface area is 115 Å². The van der Waals surface area contributed by atoms with Gasteiger partial charge in [-0.15, -0.1) is 0 Å². The van der Waals surface area contributed by atoms with Gasteiger partial charge >= 0.3 is 0 Å². The molecule has 106 valence electrons. The van der Waals surface area contributed by atoms with E-state index in [1.165, 1.54) is 0 Å². The number of hydrogen-bond acceptors (Lipinski definition) is 4. The molecule has 0 heterocycles. The predicted octanol–water partition coefficient (Wildman–Crippen LogP) is 3.66. The van der Waals surface area contributed by atoms with Crippen LogP contribution in [0.1, 0.15) is 33.6 Å². The molecule has 0 bridgehead atoms. The van der Waals surface area contributed by atoms with Crippen molar-refractivity contribution in [2.75, 3.05) is 13.2 Å². The predicted molar refractivity (Wildman–Crippen MR) is 77.1 cm³/mol. The number of benzene rings is 1. The number of hydrogen-bond donors (Lipinski definition) is 0. The van der Waals surface area contributed by atoms with Gasteiger partial charge in [-0.2, -0.15) is 0 Å². The largest absolute Gasteiger partial charge is 0.491 e. The van der Waals surface area contributed by atoms with Crippen molar-refractivity contribution in [1.82, 2.24) is 0 Å². The molecule has 0 saturated carbocycles. The van der Waals surface area contributed by atoms with Crippen LogP contribution in [0.4, 0.5) is 0 Å². The first kappa shape index (κ1) is 15.3. The molecule has 4 heteroatoms. The van der Waals surface area contributed by atoms with Crippen LogP contribution in [-0.4, -0.2) is 25.5 Å². The van der Waals surface area contributed by atoms with Gasteiger partial charge in [0.2, 0.25) is 0 Å². The molecule has 0 radical (unpaired) electrons. The van der Waals surface area contributed by atoms with Crippen LogP contribution < -0.4 is 9.47 Å². The Kier molecular flexibility index (Phi) is 7.47. The third-order valence-electron chi connectivity index (χ3n) is 2.51. The summed E-state index contributed by atoms with van der Waals surface area (Å²) in [6.07, 6.45) is 3.82. The zero-order chi connectivity index (χ0) is 13.9. The van der Waals surface area contributed by atoms with Crippen molar-refractivity contribution >= 4 is 6.21 Å². The molecule has 0 spiro atoms. The average Bonchev–Trinajstić information content (AvgIpc) is 2.44. The molecule has 0 aliphatic rings. The summed E-state index contributed by atoms with van der Waals surface area (Å²) in [5.41, 5.74) is 0. The summed E-state index contributed by atoms with van der Waals surface area (Å²) in [4.78, 5) is 5.01. The molecule has 0 N–H and O–H groups in total. The smallest absolute Gasteiger partial charge is 0.151 e. The molecule has 1 aromatic carbocycles. The first-order valence-electron chi connectivity index (χ1n) is 6.79. The lowest BCUT2D eigenvalue weighted by atomic mass is 10.3. The lowest BCUT2D eigenvalue weighted by Gasteiger charge is -2.13. The van der Waals surface area contributed by atoms with E-state index in [0.29, 0.717) is 13.2 Å². The van der Waals surface area contributed by atoms with Gasteiger partial charge in [-0.25, -0.2) is 0 Å². The maximum atomic E-state index is 5.69. The van der Waals surface area contributed by atoms with E-state index in [4.69, 9.17) is 14.3 Å². The first-order chi connectivity index (χ1) is 9.26. The van der Waals surface area contributed by atoms with Gasteiger partial charge in [-0.05, 0) is 44.0 Å². The highest BCUT2D eigenvalue weighted by atomic mass is 16.6. The second-order valence-corrected chi connectivity index (χ2v) is 4.19. The fraction of sp³-hybridized carbons (Fsp3) is 0.533. The molecular formula is C15H23NO3. The summed E-state index contributed by atoms with van der Waals surface area (Å²) >= 11 is 0. The van der Waals surface area contributed by atoms with Gasteiger partial charge in [0.1, 0.15) is 18.1 Å². The number of nitrogens with zero attached hydrogens (tertiary/aromatic N) is 1. The molecule has 1 aromatic rings. The van der Waals surface area contributed by atoms with Crippen molar-refractivity contribution in [3.8, 4) is 11.5 Å². The van der Waals surface area contributed by atoms with Crippen molar-refractivity contribution < 1.29 is 14.3 Å². The summed E-state index contributed by atoms with van der Waals surface area (Å²) < 4.78 is 11.2. The van der Waals surface area contributed by atoms with Crippen LogP contribution in [0.3, 0.4) is 0 Å². The van der Waals surface area contributed by atoms with E-state index >= 15 is 0 Å². The van der Waals surface area contributed by atoms with Gasteiger partial charge in [0.15, 0.2) is 6.61 Å². The third kappa shape index (κ3) is 6.70. The highest BCUT2D eigenvalue weighted by Crippen LogP contribution is 2.19. The van der Waals surface area contributed by atoms with Gasteiger partial charge in [-0.3, -0.25) is 0 Å². The first-order valence-corrected chi connectivity index (χ1v) is 6.79. The Balaban J connectivity index is 2.26. The van der Waals surface area contributed by atoms with E-state index in [2.05, 4.69) is 19.0 Å². The Morgan fingerprint density at radius 1 is 1.11 bits per heavy atom. The fourth-order valence-electron chi connectivity index (χ4n) is 1.31. The van der Waals surface area contributed by atoms with Crippen molar-refractivity contribution in [1.29, 1.82) is 0 Å². The molecule has 0 saturated heterocycles. The number of ether oxygens (including phenoxy) is 2. The Morgan fingerprint density at radius 2 is 1.79 bits per heavy atom. The molecule has 0 fully saturated rings. The summed E-state index contributed by atoms with van der Waals surface area (Å²) in [7, 11) is 0. The Morgan fingerprint density at radius 3 is 2.42 bits per heavy atom. The minimum Gasteiger partial charge on any atom is -0.491 e. The quantitative estimate of drug-likeness (QED) is 0.388. The van der Waals surface area contributed by atoms with Crippen LogP contribution in [0.15, 0.2) is 29.4 Å². The average molecular weight is 265 g/mol. The normalized spacial score (nSPS) is 12.4. The van der Waals surface area contributed by atoms with Crippen LogP contribution in [0.25, 0.3) is 0 Å². The maximum absolute atomic E-state index is 5.69. The van der Waals surface area contributed by atoms with E-state index in [1.54, 1.807) is 6.21 Å². The topological polar surface area (TPSA) is 40.0 Å². The zero-order valence-electron chi connectivity index (χ0n) is 12.0. The highest BCUT2D eigenvalue weighted by molar-refractivity contribution is 5.55. The number of rotatable bonds is 9. The third-order valence-corrected chi connectivity index (χ3v) is 2.51. The summed E-state index contributed by atoms with van der Waals surface area (Å²) in [6.45, 7) is 7.09. The minimum atomic E-state index is 0.233. The molecular weight excluding hydrogens is 242 g/mol. The summed E-state index contributed by atoms with van der Waals surface area (Å²) in [5.74, 6) is 1.67. The molecule has 0 aliphatic carbocycles. The lowest BCUT2D eigenvalue weighted by Crippen LogP contribution is -2.09. The van der Waals surface area contributed by atoms with Gasteiger partial charge in [0.25, 0.3) is 0 Å². The van der Waals surface area contributed by atoms with E-state index < -0.39 is 0 Å². The monoisotopic (exact) mass is 265 g/mol. The number of oxime groups is 1.